The summed E-state index contributed by atoms with van der Waals surface area (Å²) in [7, 11) is 0. The van der Waals surface area contributed by atoms with Gasteiger partial charge in [-0.15, -0.1) is 11.3 Å². The van der Waals surface area contributed by atoms with Crippen molar-refractivity contribution in [2.24, 2.45) is 0 Å². The number of benzene rings is 1. The molecule has 2 nitrogen and oxygen atoms in total. The van der Waals surface area contributed by atoms with E-state index in [2.05, 4.69) is 6.92 Å². The average Bonchev–Trinajstić information content (AvgIpc) is 2.68. The van der Waals surface area contributed by atoms with Gasteiger partial charge < -0.3 is 10.2 Å². The second kappa shape index (κ2) is 3.59. The van der Waals surface area contributed by atoms with Crippen LogP contribution in [0.4, 0.5) is 0 Å². The molecule has 3 heteroatoms. The number of phenols is 1. The van der Waals surface area contributed by atoms with Crippen LogP contribution < -0.4 is 0 Å². The molecule has 0 aliphatic carbocycles. The molecule has 14 heavy (non-hydrogen) atoms. The van der Waals surface area contributed by atoms with Gasteiger partial charge in [-0.2, -0.15) is 0 Å². The Hall–Kier alpha value is -1.06. The fourth-order valence-corrected chi connectivity index (χ4v) is 2.57. The van der Waals surface area contributed by atoms with Crippen molar-refractivity contribution in [3.63, 3.8) is 0 Å². The van der Waals surface area contributed by atoms with Crippen LogP contribution >= 0.6 is 11.3 Å². The molecule has 2 aromatic rings. The van der Waals surface area contributed by atoms with Crippen molar-refractivity contribution in [1.29, 1.82) is 0 Å². The molecular weight excluding hydrogens is 196 g/mol. The van der Waals surface area contributed by atoms with Crippen LogP contribution in [0.25, 0.3) is 10.1 Å². The van der Waals surface area contributed by atoms with Crippen molar-refractivity contribution in [3.05, 3.63) is 28.6 Å². The summed E-state index contributed by atoms with van der Waals surface area (Å²) in [5.74, 6) is 0.231. The lowest BCUT2D eigenvalue weighted by atomic mass is 10.0. The predicted molar refractivity (Wildman–Crippen MR) is 58.8 cm³/mol. The van der Waals surface area contributed by atoms with E-state index < -0.39 is 0 Å². The first-order chi connectivity index (χ1) is 6.77. The fourth-order valence-electron chi connectivity index (χ4n) is 1.66. The van der Waals surface area contributed by atoms with Gasteiger partial charge in [0.25, 0.3) is 0 Å². The first-order valence-corrected chi connectivity index (χ1v) is 5.47. The lowest BCUT2D eigenvalue weighted by Crippen LogP contribution is -1.89. The molecule has 0 saturated carbocycles. The molecule has 0 aliphatic heterocycles. The van der Waals surface area contributed by atoms with E-state index in [9.17, 15) is 5.11 Å². The zero-order chi connectivity index (χ0) is 10.1. The Bertz CT molecular complexity index is 460. The number of fused-ring (bicyclic) bond motifs is 1. The Morgan fingerprint density at radius 2 is 2.14 bits per heavy atom. The Labute approximate surface area is 86.4 Å². The van der Waals surface area contributed by atoms with E-state index in [-0.39, 0.29) is 12.4 Å². The Balaban J connectivity index is 2.80. The number of hydrogen-bond donors (Lipinski definition) is 2. The highest BCUT2D eigenvalue weighted by Crippen LogP contribution is 2.35. The van der Waals surface area contributed by atoms with Crippen LogP contribution in [0.5, 0.6) is 5.75 Å². The molecule has 0 spiro atoms. The smallest absolute Gasteiger partial charge is 0.138 e. The zero-order valence-corrected chi connectivity index (χ0v) is 8.77. The van der Waals surface area contributed by atoms with E-state index >= 15 is 0 Å². The molecule has 0 radical (unpaired) electrons. The number of aliphatic hydroxyl groups excluding tert-OH is 1. The summed E-state index contributed by atoms with van der Waals surface area (Å²) in [6.07, 6.45) is 0.917. The van der Waals surface area contributed by atoms with Gasteiger partial charge in [0.15, 0.2) is 0 Å². The van der Waals surface area contributed by atoms with Gasteiger partial charge in [-0.25, -0.2) is 0 Å². The summed E-state index contributed by atoms with van der Waals surface area (Å²) >= 11 is 1.51. The minimum absolute atomic E-state index is 0.104. The topological polar surface area (TPSA) is 40.5 Å². The zero-order valence-electron chi connectivity index (χ0n) is 7.95. The highest BCUT2D eigenvalue weighted by Gasteiger charge is 2.10. The van der Waals surface area contributed by atoms with E-state index in [1.807, 2.05) is 17.5 Å². The van der Waals surface area contributed by atoms with Gasteiger partial charge in [0.2, 0.25) is 0 Å². The first-order valence-electron chi connectivity index (χ1n) is 4.59. The third kappa shape index (κ3) is 1.29. The maximum Gasteiger partial charge on any atom is 0.138 e. The first kappa shape index (κ1) is 9.49. The molecule has 0 unspecified atom stereocenters. The summed E-state index contributed by atoms with van der Waals surface area (Å²) in [5, 5.41) is 22.0. The molecule has 2 rings (SSSR count). The third-order valence-electron chi connectivity index (χ3n) is 2.43. The summed E-state index contributed by atoms with van der Waals surface area (Å²) in [4.78, 5) is 0. The van der Waals surface area contributed by atoms with Crippen LogP contribution in [-0.4, -0.2) is 10.2 Å². The normalized spacial score (nSPS) is 11.0. The van der Waals surface area contributed by atoms with Gasteiger partial charge in [-0.05, 0) is 34.9 Å². The van der Waals surface area contributed by atoms with Gasteiger partial charge in [-0.1, -0.05) is 6.92 Å². The highest BCUT2D eigenvalue weighted by atomic mass is 32.1. The van der Waals surface area contributed by atoms with E-state index in [1.54, 1.807) is 0 Å². The molecule has 74 valence electrons. The maximum absolute atomic E-state index is 9.81. The maximum atomic E-state index is 9.81. The minimum atomic E-state index is -0.104. The molecule has 1 aromatic heterocycles. The van der Waals surface area contributed by atoms with Crippen molar-refractivity contribution in [1.82, 2.24) is 0 Å². The number of aryl methyl sites for hydroxylation is 1. The lowest BCUT2D eigenvalue weighted by Gasteiger charge is -2.06. The summed E-state index contributed by atoms with van der Waals surface area (Å²) in [6.45, 7) is 1.97. The van der Waals surface area contributed by atoms with Gasteiger partial charge >= 0.3 is 0 Å². The monoisotopic (exact) mass is 208 g/mol. The molecule has 0 aliphatic rings. The van der Waals surface area contributed by atoms with Crippen LogP contribution in [0.1, 0.15) is 18.1 Å². The molecule has 0 bridgehead atoms. The van der Waals surface area contributed by atoms with Crippen LogP contribution in [0.2, 0.25) is 0 Å². The quantitative estimate of drug-likeness (QED) is 0.796. The molecule has 0 atom stereocenters. The van der Waals surface area contributed by atoms with Crippen LogP contribution in [0.15, 0.2) is 17.5 Å². The predicted octanol–water partition coefficient (Wildman–Crippen LogP) is 2.66. The van der Waals surface area contributed by atoms with Crippen LogP contribution in [0.3, 0.4) is 0 Å². The SMILES string of the molecule is CCc1cc(CO)c(O)c2sccc12. The Kier molecular flexibility index (Phi) is 2.44. The van der Waals surface area contributed by atoms with E-state index in [4.69, 9.17) is 5.11 Å². The van der Waals surface area contributed by atoms with Gasteiger partial charge in [0.05, 0.1) is 11.3 Å². The second-order valence-corrected chi connectivity index (χ2v) is 4.13. The van der Waals surface area contributed by atoms with Crippen molar-refractivity contribution in [2.75, 3.05) is 0 Å². The van der Waals surface area contributed by atoms with E-state index in [0.717, 1.165) is 16.5 Å². The Morgan fingerprint density at radius 1 is 1.36 bits per heavy atom. The van der Waals surface area contributed by atoms with Crippen molar-refractivity contribution >= 4 is 21.4 Å². The molecule has 2 N–H and O–H groups in total. The minimum Gasteiger partial charge on any atom is -0.506 e. The van der Waals surface area contributed by atoms with Crippen LogP contribution in [-0.2, 0) is 13.0 Å². The van der Waals surface area contributed by atoms with Gasteiger partial charge in [0, 0.05) is 5.56 Å². The average molecular weight is 208 g/mol. The van der Waals surface area contributed by atoms with Crippen molar-refractivity contribution < 1.29 is 10.2 Å². The number of hydrogen-bond acceptors (Lipinski definition) is 3. The van der Waals surface area contributed by atoms with Gasteiger partial charge in [0.1, 0.15) is 5.75 Å². The highest BCUT2D eigenvalue weighted by molar-refractivity contribution is 7.17. The number of thiophene rings is 1. The lowest BCUT2D eigenvalue weighted by molar-refractivity contribution is 0.276. The molecule has 0 fully saturated rings. The summed E-state index contributed by atoms with van der Waals surface area (Å²) in [6, 6.07) is 3.89. The van der Waals surface area contributed by atoms with Crippen molar-refractivity contribution in [2.45, 2.75) is 20.0 Å². The molecule has 0 amide bonds. The number of aliphatic hydroxyl groups is 1. The standard InChI is InChI=1S/C11H12O2S/c1-2-7-5-8(6-12)10(13)11-9(7)3-4-14-11/h3-5,12-13H,2,6H2,1H3. The number of rotatable bonds is 2. The molecule has 0 saturated heterocycles. The van der Waals surface area contributed by atoms with Crippen molar-refractivity contribution in [3.8, 4) is 5.75 Å². The van der Waals surface area contributed by atoms with E-state index in [1.165, 1.54) is 16.9 Å². The summed E-state index contributed by atoms with van der Waals surface area (Å²) in [5.41, 5.74) is 1.81. The Morgan fingerprint density at radius 3 is 2.79 bits per heavy atom. The van der Waals surface area contributed by atoms with E-state index in [0.29, 0.717) is 5.56 Å². The number of aromatic hydroxyl groups is 1. The van der Waals surface area contributed by atoms with Gasteiger partial charge in [-0.3, -0.25) is 0 Å². The van der Waals surface area contributed by atoms with Crippen LogP contribution in [0, 0.1) is 0 Å². The summed E-state index contributed by atoms with van der Waals surface area (Å²) < 4.78 is 0.883. The molecule has 1 aromatic carbocycles. The second-order valence-electron chi connectivity index (χ2n) is 3.22. The largest absolute Gasteiger partial charge is 0.506 e. The molecular formula is C11H12O2S. The third-order valence-corrected chi connectivity index (χ3v) is 3.35. The fraction of sp³-hybridized carbons (Fsp3) is 0.273. The molecule has 1 heterocycles.